The molecule has 2 amide bonds. The first-order valence-corrected chi connectivity index (χ1v) is 9.03. The summed E-state index contributed by atoms with van der Waals surface area (Å²) in [5, 5.41) is 6.19. The van der Waals surface area contributed by atoms with Crippen LogP contribution in [0.1, 0.15) is 12.0 Å². The number of likely N-dealkylation sites (N-methyl/N-ethyl adjacent to an activating group) is 1. The van der Waals surface area contributed by atoms with Crippen LogP contribution in [-0.2, 0) is 16.0 Å². The summed E-state index contributed by atoms with van der Waals surface area (Å²) in [5.41, 5.74) is 1.84. The standard InChI is InChI=1S/C21H25N3O2/c1-24(18-10-6-3-7-11-18)21(26)19(14-16-8-4-2-5-9-16)23-20(25)17-12-13-22-15-17/h2-11,17,19,22H,12-15H2,1H3,(H,23,25)/t17-,19+/m1/s1. The van der Waals surface area contributed by atoms with Gasteiger partial charge < -0.3 is 15.5 Å². The lowest BCUT2D eigenvalue weighted by molar-refractivity contribution is -0.129. The summed E-state index contributed by atoms with van der Waals surface area (Å²) in [4.78, 5) is 27.3. The zero-order chi connectivity index (χ0) is 18.4. The molecule has 1 aliphatic rings. The van der Waals surface area contributed by atoms with Gasteiger partial charge in [0.25, 0.3) is 0 Å². The number of rotatable bonds is 6. The molecule has 0 bridgehead atoms. The van der Waals surface area contributed by atoms with Gasteiger partial charge in [-0.3, -0.25) is 9.59 Å². The Hall–Kier alpha value is -2.66. The summed E-state index contributed by atoms with van der Waals surface area (Å²) < 4.78 is 0. The number of hydrogen-bond acceptors (Lipinski definition) is 3. The van der Waals surface area contributed by atoms with Gasteiger partial charge in [0, 0.05) is 25.7 Å². The van der Waals surface area contributed by atoms with E-state index in [1.165, 1.54) is 0 Å². The molecule has 26 heavy (non-hydrogen) atoms. The monoisotopic (exact) mass is 351 g/mol. The van der Waals surface area contributed by atoms with Gasteiger partial charge in [0.05, 0.1) is 5.92 Å². The van der Waals surface area contributed by atoms with Crippen LogP contribution >= 0.6 is 0 Å². The molecule has 5 heteroatoms. The molecular formula is C21H25N3O2. The minimum Gasteiger partial charge on any atom is -0.344 e. The predicted molar refractivity (Wildman–Crippen MR) is 103 cm³/mol. The van der Waals surface area contributed by atoms with E-state index in [9.17, 15) is 9.59 Å². The lowest BCUT2D eigenvalue weighted by Crippen LogP contribution is -2.50. The van der Waals surface area contributed by atoms with Crippen molar-refractivity contribution in [1.29, 1.82) is 0 Å². The summed E-state index contributed by atoms with van der Waals surface area (Å²) in [6.07, 6.45) is 1.29. The Bertz CT molecular complexity index is 727. The highest BCUT2D eigenvalue weighted by Gasteiger charge is 2.29. The topological polar surface area (TPSA) is 61.4 Å². The Morgan fingerprint density at radius 2 is 1.77 bits per heavy atom. The van der Waals surface area contributed by atoms with E-state index in [1.54, 1.807) is 11.9 Å². The third-order valence-electron chi connectivity index (χ3n) is 4.80. The van der Waals surface area contributed by atoms with E-state index in [0.29, 0.717) is 13.0 Å². The van der Waals surface area contributed by atoms with E-state index in [2.05, 4.69) is 10.6 Å². The first-order chi connectivity index (χ1) is 12.6. The van der Waals surface area contributed by atoms with Gasteiger partial charge in [-0.15, -0.1) is 0 Å². The van der Waals surface area contributed by atoms with Crippen molar-refractivity contribution in [2.75, 3.05) is 25.0 Å². The second-order valence-electron chi connectivity index (χ2n) is 6.67. The Morgan fingerprint density at radius 1 is 1.12 bits per heavy atom. The summed E-state index contributed by atoms with van der Waals surface area (Å²) in [7, 11) is 1.75. The van der Waals surface area contributed by atoms with E-state index in [1.807, 2.05) is 60.7 Å². The average Bonchev–Trinajstić information content (AvgIpc) is 3.23. The number of hydrogen-bond donors (Lipinski definition) is 2. The van der Waals surface area contributed by atoms with Crippen molar-refractivity contribution in [2.45, 2.75) is 18.9 Å². The van der Waals surface area contributed by atoms with Crippen molar-refractivity contribution in [3.05, 3.63) is 66.2 Å². The van der Waals surface area contributed by atoms with Gasteiger partial charge in [-0.05, 0) is 30.7 Å². The number of carbonyl (C=O) groups excluding carboxylic acids is 2. The highest BCUT2D eigenvalue weighted by molar-refractivity contribution is 5.99. The molecular weight excluding hydrogens is 326 g/mol. The molecule has 0 radical (unpaired) electrons. The Labute approximate surface area is 154 Å². The van der Waals surface area contributed by atoms with Gasteiger partial charge in [-0.2, -0.15) is 0 Å². The van der Waals surface area contributed by atoms with Crippen LogP contribution < -0.4 is 15.5 Å². The average molecular weight is 351 g/mol. The summed E-state index contributed by atoms with van der Waals surface area (Å²) in [5.74, 6) is -0.229. The molecule has 0 saturated carbocycles. The van der Waals surface area contributed by atoms with Crippen molar-refractivity contribution < 1.29 is 9.59 Å². The fourth-order valence-electron chi connectivity index (χ4n) is 3.23. The molecule has 2 N–H and O–H groups in total. The van der Waals surface area contributed by atoms with Gasteiger partial charge in [0.15, 0.2) is 0 Å². The Balaban J connectivity index is 1.77. The zero-order valence-corrected chi connectivity index (χ0v) is 15.0. The van der Waals surface area contributed by atoms with Crippen LogP contribution in [0.4, 0.5) is 5.69 Å². The van der Waals surface area contributed by atoms with Crippen LogP contribution in [0, 0.1) is 5.92 Å². The quantitative estimate of drug-likeness (QED) is 0.837. The van der Waals surface area contributed by atoms with Crippen LogP contribution in [0.25, 0.3) is 0 Å². The van der Waals surface area contributed by atoms with Crippen LogP contribution in [0.5, 0.6) is 0 Å². The maximum atomic E-state index is 13.1. The fourth-order valence-corrected chi connectivity index (χ4v) is 3.23. The molecule has 3 rings (SSSR count). The fraction of sp³-hybridized carbons (Fsp3) is 0.333. The molecule has 1 fully saturated rings. The van der Waals surface area contributed by atoms with Crippen LogP contribution in [0.3, 0.4) is 0 Å². The van der Waals surface area contributed by atoms with Gasteiger partial charge in [-0.25, -0.2) is 0 Å². The second-order valence-corrected chi connectivity index (χ2v) is 6.67. The van der Waals surface area contributed by atoms with Crippen molar-refractivity contribution in [1.82, 2.24) is 10.6 Å². The third kappa shape index (κ3) is 4.49. The first-order valence-electron chi connectivity index (χ1n) is 9.03. The van der Waals surface area contributed by atoms with Gasteiger partial charge in [0.2, 0.25) is 11.8 Å². The summed E-state index contributed by atoms with van der Waals surface area (Å²) >= 11 is 0. The SMILES string of the molecule is CN(C(=O)[C@H](Cc1ccccc1)NC(=O)[C@@H]1CCNC1)c1ccccc1. The number of para-hydroxylation sites is 1. The molecule has 1 heterocycles. The van der Waals surface area contributed by atoms with Crippen LogP contribution in [-0.4, -0.2) is 38.0 Å². The molecule has 2 aromatic carbocycles. The number of benzene rings is 2. The van der Waals surface area contributed by atoms with Gasteiger partial charge >= 0.3 is 0 Å². The summed E-state index contributed by atoms with van der Waals surface area (Å²) in [6.45, 7) is 1.52. The number of nitrogens with one attached hydrogen (secondary N) is 2. The van der Waals surface area contributed by atoms with E-state index in [0.717, 1.165) is 24.2 Å². The largest absolute Gasteiger partial charge is 0.344 e. The van der Waals surface area contributed by atoms with Crippen molar-refractivity contribution in [2.24, 2.45) is 5.92 Å². The molecule has 1 aliphatic heterocycles. The lowest BCUT2D eigenvalue weighted by atomic mass is 10.0. The van der Waals surface area contributed by atoms with E-state index in [-0.39, 0.29) is 17.7 Å². The molecule has 0 spiro atoms. The van der Waals surface area contributed by atoms with E-state index < -0.39 is 6.04 Å². The van der Waals surface area contributed by atoms with Crippen molar-refractivity contribution in [3.8, 4) is 0 Å². The maximum absolute atomic E-state index is 13.1. The van der Waals surface area contributed by atoms with Gasteiger partial charge in [0.1, 0.15) is 6.04 Å². The second kappa shape index (κ2) is 8.63. The molecule has 5 nitrogen and oxygen atoms in total. The highest BCUT2D eigenvalue weighted by Crippen LogP contribution is 2.15. The first kappa shape index (κ1) is 18.1. The maximum Gasteiger partial charge on any atom is 0.249 e. The van der Waals surface area contributed by atoms with Gasteiger partial charge in [-0.1, -0.05) is 48.5 Å². The number of anilines is 1. The van der Waals surface area contributed by atoms with E-state index >= 15 is 0 Å². The van der Waals surface area contributed by atoms with Crippen molar-refractivity contribution >= 4 is 17.5 Å². The highest BCUT2D eigenvalue weighted by atomic mass is 16.2. The minimum absolute atomic E-state index is 0.0502. The smallest absolute Gasteiger partial charge is 0.249 e. The number of nitrogens with zero attached hydrogens (tertiary/aromatic N) is 1. The van der Waals surface area contributed by atoms with Crippen molar-refractivity contribution in [3.63, 3.8) is 0 Å². The van der Waals surface area contributed by atoms with E-state index in [4.69, 9.17) is 0 Å². The molecule has 0 aliphatic carbocycles. The molecule has 1 saturated heterocycles. The predicted octanol–water partition coefficient (Wildman–Crippen LogP) is 1.99. The molecule has 2 atom stereocenters. The third-order valence-corrected chi connectivity index (χ3v) is 4.80. The normalized spacial score (nSPS) is 17.5. The molecule has 0 unspecified atom stereocenters. The Kier molecular flexibility index (Phi) is 6.02. The van der Waals surface area contributed by atoms with Crippen LogP contribution in [0.2, 0.25) is 0 Å². The number of amides is 2. The molecule has 2 aromatic rings. The zero-order valence-electron chi connectivity index (χ0n) is 15.0. The summed E-state index contributed by atoms with van der Waals surface area (Å²) in [6, 6.07) is 18.7. The minimum atomic E-state index is -0.587. The Morgan fingerprint density at radius 3 is 2.38 bits per heavy atom. The lowest BCUT2D eigenvalue weighted by Gasteiger charge is -2.26. The molecule has 0 aromatic heterocycles. The van der Waals surface area contributed by atoms with Crippen LogP contribution in [0.15, 0.2) is 60.7 Å². The number of carbonyl (C=O) groups is 2. The molecule has 136 valence electrons.